The number of carboxylic acid groups (broad SMARTS) is 1. The van der Waals surface area contributed by atoms with Crippen molar-refractivity contribution in [3.8, 4) is 0 Å². The second-order valence-electron chi connectivity index (χ2n) is 17.6. The molecule has 6 aliphatic rings. The molecule has 12 atom stereocenters. The van der Waals surface area contributed by atoms with Crippen LogP contribution in [0.25, 0.3) is 0 Å². The maximum Gasteiger partial charge on any atom is 0.309 e. The number of nitrogens with two attached hydrogens (primary N) is 1. The van der Waals surface area contributed by atoms with Crippen LogP contribution in [0.4, 0.5) is 0 Å². The molecule has 6 aliphatic carbocycles. The van der Waals surface area contributed by atoms with Gasteiger partial charge in [0.05, 0.1) is 11.8 Å². The molecule has 6 saturated carbocycles. The first-order valence-corrected chi connectivity index (χ1v) is 17.5. The van der Waals surface area contributed by atoms with E-state index in [0.29, 0.717) is 47.8 Å². The summed E-state index contributed by atoms with van der Waals surface area (Å²) in [6.07, 6.45) is 14.4. The van der Waals surface area contributed by atoms with E-state index in [0.717, 1.165) is 38.5 Å². The molecule has 0 bridgehead atoms. The van der Waals surface area contributed by atoms with E-state index >= 15 is 0 Å². The van der Waals surface area contributed by atoms with Gasteiger partial charge in [-0.1, -0.05) is 53.2 Å². The molecule has 0 amide bonds. The summed E-state index contributed by atoms with van der Waals surface area (Å²) in [5.41, 5.74) is 9.31. The Balaban J connectivity index is 1.23. The number of aliphatic carboxylic acids is 1. The molecule has 3 N–H and O–H groups in total. The lowest BCUT2D eigenvalue weighted by Gasteiger charge is -2.72. The monoisotopic (exact) mass is 581 g/mol. The zero-order chi connectivity index (χ0) is 30.5. The van der Waals surface area contributed by atoms with E-state index in [1.165, 1.54) is 44.1 Å². The summed E-state index contributed by atoms with van der Waals surface area (Å²) >= 11 is 0. The molecule has 6 fully saturated rings. The highest BCUT2D eigenvalue weighted by Gasteiger charge is 2.70. The fraction of sp³-hybridized carbons (Fsp3) is 0.892. The maximum atomic E-state index is 13.4. The summed E-state index contributed by atoms with van der Waals surface area (Å²) in [4.78, 5) is 25.0. The molecule has 42 heavy (non-hydrogen) atoms. The Hall–Kier alpha value is -1.36. The lowest BCUT2D eigenvalue weighted by molar-refractivity contribution is -0.245. The van der Waals surface area contributed by atoms with Gasteiger partial charge >= 0.3 is 11.9 Å². The SMILES string of the molecule is C=C(C)[C@@H]1CC[C@]2(N)CC[C@]3(C)[C@H](CC[C@@H]4[C@@]5(C)CC[C@H](OC(=O)[C@H]6CCC[C@@H](C(=O)O)C6)C(C)(C)[C@@H]5CC[C@]43C)C12. The lowest BCUT2D eigenvalue weighted by Crippen LogP contribution is -2.68. The van der Waals surface area contributed by atoms with E-state index in [9.17, 15) is 14.7 Å². The zero-order valence-corrected chi connectivity index (χ0v) is 27.5. The zero-order valence-electron chi connectivity index (χ0n) is 27.5. The third-order valence-corrected chi connectivity index (χ3v) is 15.7. The highest BCUT2D eigenvalue weighted by atomic mass is 16.5. The molecule has 236 valence electrons. The van der Waals surface area contributed by atoms with E-state index in [1.807, 2.05) is 0 Å². The summed E-state index contributed by atoms with van der Waals surface area (Å²) in [5.74, 6) is 1.41. The molecule has 5 heteroatoms. The van der Waals surface area contributed by atoms with Crippen molar-refractivity contribution in [1.29, 1.82) is 0 Å². The minimum Gasteiger partial charge on any atom is -0.481 e. The van der Waals surface area contributed by atoms with Crippen molar-refractivity contribution in [2.24, 2.45) is 68.8 Å². The molecule has 0 saturated heterocycles. The topological polar surface area (TPSA) is 89.6 Å². The largest absolute Gasteiger partial charge is 0.481 e. The van der Waals surface area contributed by atoms with Gasteiger partial charge in [-0.05, 0) is 136 Å². The van der Waals surface area contributed by atoms with Crippen LogP contribution in [0.5, 0.6) is 0 Å². The Morgan fingerprint density at radius 2 is 1.52 bits per heavy atom. The molecule has 0 aromatic heterocycles. The molecular weight excluding hydrogens is 522 g/mol. The van der Waals surface area contributed by atoms with E-state index in [4.69, 9.17) is 10.5 Å². The van der Waals surface area contributed by atoms with Gasteiger partial charge in [0, 0.05) is 11.0 Å². The summed E-state index contributed by atoms with van der Waals surface area (Å²) < 4.78 is 6.37. The Labute approximate surface area is 255 Å². The van der Waals surface area contributed by atoms with Crippen molar-refractivity contribution in [3.63, 3.8) is 0 Å². The van der Waals surface area contributed by atoms with E-state index in [1.54, 1.807) is 0 Å². The first-order valence-electron chi connectivity index (χ1n) is 17.5. The Kier molecular flexibility index (Phi) is 7.35. The van der Waals surface area contributed by atoms with Crippen molar-refractivity contribution in [1.82, 2.24) is 0 Å². The van der Waals surface area contributed by atoms with Crippen molar-refractivity contribution >= 4 is 11.9 Å². The van der Waals surface area contributed by atoms with Crippen LogP contribution in [0.1, 0.15) is 131 Å². The third kappa shape index (κ3) is 4.24. The van der Waals surface area contributed by atoms with Gasteiger partial charge in [0.15, 0.2) is 0 Å². The third-order valence-electron chi connectivity index (χ3n) is 15.7. The highest BCUT2D eigenvalue weighted by molar-refractivity contribution is 5.75. The van der Waals surface area contributed by atoms with Crippen molar-refractivity contribution in [2.75, 3.05) is 0 Å². The maximum absolute atomic E-state index is 13.4. The van der Waals surface area contributed by atoms with Crippen LogP contribution in [0.15, 0.2) is 12.2 Å². The predicted octanol–water partition coefficient (Wildman–Crippen LogP) is 8.16. The van der Waals surface area contributed by atoms with Crippen molar-refractivity contribution in [2.45, 2.75) is 143 Å². The Morgan fingerprint density at radius 3 is 2.21 bits per heavy atom. The molecule has 0 aliphatic heterocycles. The van der Waals surface area contributed by atoms with Crippen LogP contribution in [0.2, 0.25) is 0 Å². The second-order valence-corrected chi connectivity index (χ2v) is 17.6. The average Bonchev–Trinajstić information content (AvgIpc) is 3.28. The molecule has 1 unspecified atom stereocenters. The molecule has 0 aromatic rings. The normalized spacial score (nSPS) is 51.3. The summed E-state index contributed by atoms with van der Waals surface area (Å²) in [6.45, 7) is 19.4. The van der Waals surface area contributed by atoms with Gasteiger partial charge in [0.1, 0.15) is 6.10 Å². The van der Waals surface area contributed by atoms with Gasteiger partial charge in [-0.15, -0.1) is 0 Å². The van der Waals surface area contributed by atoms with E-state index < -0.39 is 11.9 Å². The average molecular weight is 582 g/mol. The fourth-order valence-corrected chi connectivity index (χ4v) is 13.3. The van der Waals surface area contributed by atoms with Crippen LogP contribution in [0.3, 0.4) is 0 Å². The van der Waals surface area contributed by atoms with Crippen LogP contribution in [-0.4, -0.2) is 28.7 Å². The first kappa shape index (κ1) is 30.7. The first-order chi connectivity index (χ1) is 19.6. The summed E-state index contributed by atoms with van der Waals surface area (Å²) in [5, 5.41) is 9.54. The number of hydrogen-bond donors (Lipinski definition) is 2. The van der Waals surface area contributed by atoms with Gasteiger partial charge in [0.2, 0.25) is 0 Å². The molecule has 0 aromatic carbocycles. The van der Waals surface area contributed by atoms with Crippen molar-refractivity contribution < 1.29 is 19.4 Å². The van der Waals surface area contributed by atoms with Crippen LogP contribution in [0, 0.1) is 63.1 Å². The number of esters is 1. The number of carboxylic acids is 1. The predicted molar refractivity (Wildman–Crippen MR) is 166 cm³/mol. The number of hydrogen-bond acceptors (Lipinski definition) is 4. The van der Waals surface area contributed by atoms with Crippen LogP contribution < -0.4 is 5.73 Å². The van der Waals surface area contributed by atoms with Gasteiger partial charge in [-0.2, -0.15) is 0 Å². The molecular formula is C37H59NO4. The highest BCUT2D eigenvalue weighted by Crippen LogP contribution is 2.76. The number of carbonyl (C=O) groups is 2. The quantitative estimate of drug-likeness (QED) is 0.258. The number of rotatable bonds is 4. The second kappa shape index (κ2) is 10.1. The van der Waals surface area contributed by atoms with Gasteiger partial charge in [-0.25, -0.2) is 0 Å². The summed E-state index contributed by atoms with van der Waals surface area (Å²) in [7, 11) is 0. The number of allylic oxidation sites excluding steroid dienone is 1. The van der Waals surface area contributed by atoms with Gasteiger partial charge in [0.25, 0.3) is 0 Å². The Bertz CT molecular complexity index is 1130. The van der Waals surface area contributed by atoms with E-state index in [2.05, 4.69) is 48.1 Å². The fourth-order valence-electron chi connectivity index (χ4n) is 13.3. The van der Waals surface area contributed by atoms with Crippen molar-refractivity contribution in [3.05, 3.63) is 12.2 Å². The minimum absolute atomic E-state index is 0.00909. The number of ether oxygens (including phenoxy) is 1. The number of fused-ring (bicyclic) bond motifs is 7. The molecule has 0 heterocycles. The Morgan fingerprint density at radius 1 is 0.810 bits per heavy atom. The minimum atomic E-state index is -0.770. The molecule has 6 rings (SSSR count). The number of carbonyl (C=O) groups excluding carboxylic acids is 1. The molecule has 0 radical (unpaired) electrons. The van der Waals surface area contributed by atoms with Gasteiger partial charge < -0.3 is 15.6 Å². The summed E-state index contributed by atoms with van der Waals surface area (Å²) in [6, 6.07) is 0. The van der Waals surface area contributed by atoms with Gasteiger partial charge in [-0.3, -0.25) is 9.59 Å². The van der Waals surface area contributed by atoms with Crippen LogP contribution in [-0.2, 0) is 14.3 Å². The van der Waals surface area contributed by atoms with Crippen LogP contribution >= 0.6 is 0 Å². The standard InChI is InChI=1S/C37H59NO4/c1-22(2)25-13-18-37(38)20-19-35(6)26(30(25)37)11-12-28-34(5)16-15-29(33(3,4)27(34)14-17-36(28,35)7)42-32(41)24-10-8-9-23(21-24)31(39)40/h23-30H,1,8-21,38H2,2-7H3,(H,39,40)/t23-,24+,25+,26-,27+,28-,29+,30?,34+,35-,36-,37+/m1/s1. The van der Waals surface area contributed by atoms with E-state index in [-0.39, 0.29) is 39.8 Å². The molecule has 0 spiro atoms. The lowest BCUT2D eigenvalue weighted by atomic mass is 9.32. The molecule has 5 nitrogen and oxygen atoms in total. The smallest absolute Gasteiger partial charge is 0.309 e.